The Hall–Kier alpha value is -3.22. The summed E-state index contributed by atoms with van der Waals surface area (Å²) in [5, 5.41) is 2.95. The maximum atomic E-state index is 12.7. The van der Waals surface area contributed by atoms with Crippen LogP contribution in [0.5, 0.6) is 11.5 Å². The van der Waals surface area contributed by atoms with E-state index in [9.17, 15) is 9.59 Å². The molecule has 0 bridgehead atoms. The molecule has 1 amide bonds. The first-order valence-corrected chi connectivity index (χ1v) is 9.19. The van der Waals surface area contributed by atoms with Gasteiger partial charge < -0.3 is 14.8 Å². The molecular weight excluding hydrogens is 358 g/mol. The van der Waals surface area contributed by atoms with Gasteiger partial charge in [0.05, 0.1) is 31.3 Å². The van der Waals surface area contributed by atoms with Crippen molar-refractivity contribution in [2.75, 3.05) is 14.2 Å². The summed E-state index contributed by atoms with van der Waals surface area (Å²) in [5.74, 6) is 1.09. The van der Waals surface area contributed by atoms with E-state index in [1.54, 1.807) is 30.9 Å². The largest absolute Gasteiger partial charge is 0.497 e. The lowest BCUT2D eigenvalue weighted by molar-refractivity contribution is -0.122. The predicted molar refractivity (Wildman–Crippen MR) is 108 cm³/mol. The molecule has 0 aliphatic carbocycles. The van der Waals surface area contributed by atoms with Gasteiger partial charge in [-0.05, 0) is 44.2 Å². The molecule has 0 spiro atoms. The fourth-order valence-electron chi connectivity index (χ4n) is 3.42. The molecule has 0 aliphatic heterocycles. The van der Waals surface area contributed by atoms with Crippen molar-refractivity contribution in [1.29, 1.82) is 0 Å². The Morgan fingerprint density at radius 1 is 1.07 bits per heavy atom. The monoisotopic (exact) mass is 383 g/mol. The van der Waals surface area contributed by atoms with E-state index in [-0.39, 0.29) is 24.2 Å². The molecule has 0 saturated heterocycles. The number of benzene rings is 2. The molecule has 0 unspecified atom stereocenters. The number of fused-ring (bicyclic) bond motifs is 1. The highest BCUT2D eigenvalue weighted by Gasteiger charge is 2.18. The van der Waals surface area contributed by atoms with Gasteiger partial charge in [0.1, 0.15) is 18.0 Å². The number of para-hydroxylation sites is 2. The second kappa shape index (κ2) is 8.21. The maximum absolute atomic E-state index is 12.7. The lowest BCUT2D eigenvalue weighted by Crippen LogP contribution is -2.34. The lowest BCUT2D eigenvalue weighted by Gasteiger charge is -2.18. The third-order valence-electron chi connectivity index (χ3n) is 4.82. The van der Waals surface area contributed by atoms with E-state index in [1.165, 1.54) is 4.57 Å². The molecule has 148 valence electrons. The van der Waals surface area contributed by atoms with Crippen molar-refractivity contribution in [3.05, 3.63) is 58.5 Å². The molecule has 1 N–H and O–H groups in total. The van der Waals surface area contributed by atoms with Crippen LogP contribution in [0.25, 0.3) is 11.0 Å². The highest BCUT2D eigenvalue weighted by atomic mass is 16.5. The number of ether oxygens (including phenoxy) is 2. The van der Waals surface area contributed by atoms with Gasteiger partial charge in [-0.2, -0.15) is 0 Å². The number of amides is 1. The second-order valence-corrected chi connectivity index (χ2v) is 6.50. The topological polar surface area (TPSA) is 74.5 Å². The van der Waals surface area contributed by atoms with E-state index in [4.69, 9.17) is 9.47 Å². The lowest BCUT2D eigenvalue weighted by atomic mass is 10.1. The average Bonchev–Trinajstić information content (AvgIpc) is 2.98. The third kappa shape index (κ3) is 3.60. The molecule has 28 heavy (non-hydrogen) atoms. The summed E-state index contributed by atoms with van der Waals surface area (Å²) in [5.41, 5.74) is 2.19. The van der Waals surface area contributed by atoms with Crippen LogP contribution in [-0.2, 0) is 17.9 Å². The maximum Gasteiger partial charge on any atom is 0.329 e. The number of rotatable bonds is 7. The first-order valence-electron chi connectivity index (χ1n) is 9.19. The quantitative estimate of drug-likeness (QED) is 0.681. The van der Waals surface area contributed by atoms with Gasteiger partial charge in [-0.25, -0.2) is 4.79 Å². The minimum atomic E-state index is -0.312. The van der Waals surface area contributed by atoms with Crippen LogP contribution in [0, 0.1) is 0 Å². The van der Waals surface area contributed by atoms with Crippen LogP contribution in [0.3, 0.4) is 0 Å². The minimum absolute atomic E-state index is 0.0526. The van der Waals surface area contributed by atoms with Crippen LogP contribution in [0.2, 0.25) is 0 Å². The summed E-state index contributed by atoms with van der Waals surface area (Å²) in [4.78, 5) is 25.4. The number of carbonyl (C=O) groups excluding carboxylic acids is 1. The number of imidazole rings is 1. The van der Waals surface area contributed by atoms with E-state index < -0.39 is 0 Å². The summed E-state index contributed by atoms with van der Waals surface area (Å²) in [6, 6.07) is 12.6. The zero-order valence-corrected chi connectivity index (χ0v) is 16.6. The van der Waals surface area contributed by atoms with Gasteiger partial charge in [-0.1, -0.05) is 12.1 Å². The number of methoxy groups -OCH3 is 2. The number of aromatic nitrogens is 2. The highest BCUT2D eigenvalue weighted by Crippen LogP contribution is 2.29. The standard InChI is InChI=1S/C21H25N3O4/c1-5-23-17-8-6-7-9-18(17)24(21(23)26)13-20(25)22-14(2)16-12-15(27-3)10-11-19(16)28-4/h6-12,14H,5,13H2,1-4H3,(H,22,25)/t14-/m1/s1. The zero-order chi connectivity index (χ0) is 20.3. The number of hydrogen-bond donors (Lipinski definition) is 1. The number of carbonyl (C=O) groups is 1. The molecule has 7 nitrogen and oxygen atoms in total. The van der Waals surface area contributed by atoms with Crippen molar-refractivity contribution in [3.8, 4) is 11.5 Å². The van der Waals surface area contributed by atoms with Crippen molar-refractivity contribution in [1.82, 2.24) is 14.5 Å². The van der Waals surface area contributed by atoms with E-state index in [2.05, 4.69) is 5.32 Å². The summed E-state index contributed by atoms with van der Waals surface area (Å²) < 4.78 is 13.8. The first-order chi connectivity index (χ1) is 13.5. The number of nitrogens with zero attached hydrogens (tertiary/aromatic N) is 2. The third-order valence-corrected chi connectivity index (χ3v) is 4.82. The van der Waals surface area contributed by atoms with Gasteiger partial charge in [-0.15, -0.1) is 0 Å². The van der Waals surface area contributed by atoms with Crippen LogP contribution in [0.15, 0.2) is 47.3 Å². The molecule has 1 atom stereocenters. The fourth-order valence-corrected chi connectivity index (χ4v) is 3.42. The van der Waals surface area contributed by atoms with E-state index in [0.717, 1.165) is 16.6 Å². The predicted octanol–water partition coefficient (Wildman–Crippen LogP) is 2.72. The van der Waals surface area contributed by atoms with Gasteiger partial charge >= 0.3 is 5.69 Å². The molecule has 1 aromatic heterocycles. The molecule has 0 radical (unpaired) electrons. The summed E-state index contributed by atoms with van der Waals surface area (Å²) >= 11 is 0. The normalized spacial score (nSPS) is 12.0. The number of hydrogen-bond acceptors (Lipinski definition) is 4. The van der Waals surface area contributed by atoms with Gasteiger partial charge in [0.15, 0.2) is 0 Å². The molecule has 0 fully saturated rings. The molecule has 7 heteroatoms. The van der Waals surface area contributed by atoms with Crippen molar-refractivity contribution < 1.29 is 14.3 Å². The van der Waals surface area contributed by atoms with Crippen molar-refractivity contribution in [3.63, 3.8) is 0 Å². The Labute approximate surface area is 163 Å². The van der Waals surface area contributed by atoms with Crippen molar-refractivity contribution in [2.24, 2.45) is 0 Å². The smallest absolute Gasteiger partial charge is 0.329 e. The molecule has 2 aromatic carbocycles. The Balaban J connectivity index is 1.85. The Kier molecular flexibility index (Phi) is 5.73. The highest BCUT2D eigenvalue weighted by molar-refractivity contribution is 5.81. The van der Waals surface area contributed by atoms with E-state index >= 15 is 0 Å². The Morgan fingerprint density at radius 2 is 1.75 bits per heavy atom. The van der Waals surface area contributed by atoms with E-state index in [0.29, 0.717) is 18.0 Å². The van der Waals surface area contributed by atoms with Crippen LogP contribution in [-0.4, -0.2) is 29.3 Å². The Morgan fingerprint density at radius 3 is 2.36 bits per heavy atom. The molecule has 1 heterocycles. The van der Waals surface area contributed by atoms with Crippen LogP contribution in [0.1, 0.15) is 25.5 Å². The fraction of sp³-hybridized carbons (Fsp3) is 0.333. The first kappa shape index (κ1) is 19.5. The molecule has 0 saturated carbocycles. The summed E-state index contributed by atoms with van der Waals surface area (Å²) in [6.45, 7) is 4.27. The number of aryl methyl sites for hydroxylation is 1. The van der Waals surface area contributed by atoms with Gasteiger partial charge in [0.2, 0.25) is 5.91 Å². The van der Waals surface area contributed by atoms with Gasteiger partial charge in [-0.3, -0.25) is 13.9 Å². The minimum Gasteiger partial charge on any atom is -0.497 e. The average molecular weight is 383 g/mol. The van der Waals surface area contributed by atoms with Crippen LogP contribution < -0.4 is 20.5 Å². The zero-order valence-electron chi connectivity index (χ0n) is 16.6. The van der Waals surface area contributed by atoms with Gasteiger partial charge in [0.25, 0.3) is 0 Å². The molecular formula is C21H25N3O4. The van der Waals surface area contributed by atoms with Gasteiger partial charge in [0, 0.05) is 12.1 Å². The van der Waals surface area contributed by atoms with Crippen molar-refractivity contribution in [2.45, 2.75) is 33.0 Å². The van der Waals surface area contributed by atoms with E-state index in [1.807, 2.05) is 44.2 Å². The number of nitrogens with one attached hydrogen (secondary N) is 1. The summed E-state index contributed by atoms with van der Waals surface area (Å²) in [6.07, 6.45) is 0. The van der Waals surface area contributed by atoms with Crippen molar-refractivity contribution >= 4 is 16.9 Å². The molecule has 3 rings (SSSR count). The van der Waals surface area contributed by atoms with Crippen LogP contribution >= 0.6 is 0 Å². The second-order valence-electron chi connectivity index (χ2n) is 6.50. The SMILES string of the molecule is CCn1c(=O)n(CC(=O)N[C@H](C)c2cc(OC)ccc2OC)c2ccccc21. The van der Waals surface area contributed by atoms with Crippen LogP contribution in [0.4, 0.5) is 0 Å². The summed E-state index contributed by atoms with van der Waals surface area (Å²) in [7, 11) is 3.17. The molecule has 0 aliphatic rings. The Bertz CT molecular complexity index is 1050. The molecule has 3 aromatic rings.